The molecular weight excluding hydrogens is 276 g/mol. The third kappa shape index (κ3) is 5.55. The molecule has 0 aliphatic carbocycles. The molecule has 0 aromatic heterocycles. The third-order valence-electron chi connectivity index (χ3n) is 2.82. The van der Waals surface area contributed by atoms with E-state index in [9.17, 15) is 13.2 Å². The molecule has 106 valence electrons. The Morgan fingerprint density at radius 2 is 2.22 bits per heavy atom. The van der Waals surface area contributed by atoms with E-state index >= 15 is 0 Å². The van der Waals surface area contributed by atoms with Gasteiger partial charge in [-0.2, -0.15) is 24.5 Å². The fraction of sp³-hybridized carbons (Fsp3) is 0.900. The van der Waals surface area contributed by atoms with Crippen LogP contribution in [0.1, 0.15) is 25.7 Å². The fourth-order valence-electron chi connectivity index (χ4n) is 1.65. The summed E-state index contributed by atoms with van der Waals surface area (Å²) in [5.41, 5.74) is 0. The van der Waals surface area contributed by atoms with E-state index in [0.29, 0.717) is 11.8 Å². The lowest BCUT2D eigenvalue weighted by Gasteiger charge is -2.23. The number of nitrogens with one attached hydrogen (secondary N) is 1. The molecule has 1 aliphatic rings. The van der Waals surface area contributed by atoms with E-state index in [1.165, 1.54) is 13.5 Å². The van der Waals surface area contributed by atoms with Gasteiger partial charge in [-0.1, -0.05) is 6.42 Å². The Labute approximate surface area is 112 Å². The predicted molar refractivity (Wildman–Crippen MR) is 71.9 cm³/mol. The molecule has 2 N–H and O–H groups in total. The van der Waals surface area contributed by atoms with Gasteiger partial charge in [0.1, 0.15) is 0 Å². The molecule has 0 saturated carbocycles. The third-order valence-corrected chi connectivity index (χ3v) is 5.75. The molecule has 1 atom stereocenters. The van der Waals surface area contributed by atoms with Crippen LogP contribution in [0.2, 0.25) is 0 Å². The van der Waals surface area contributed by atoms with Crippen LogP contribution in [0.3, 0.4) is 0 Å². The van der Waals surface area contributed by atoms with Crippen LogP contribution in [0.4, 0.5) is 0 Å². The Morgan fingerprint density at radius 3 is 2.78 bits per heavy atom. The molecule has 8 heteroatoms. The summed E-state index contributed by atoms with van der Waals surface area (Å²) in [5, 5.41) is 8.85. The molecule has 0 radical (unpaired) electrons. The first-order valence-electron chi connectivity index (χ1n) is 5.96. The zero-order valence-corrected chi connectivity index (χ0v) is 12.1. The van der Waals surface area contributed by atoms with Gasteiger partial charge in [0.15, 0.2) is 0 Å². The van der Waals surface area contributed by atoms with E-state index in [-0.39, 0.29) is 13.0 Å². The van der Waals surface area contributed by atoms with Crippen LogP contribution in [0, 0.1) is 0 Å². The van der Waals surface area contributed by atoms with E-state index in [2.05, 4.69) is 4.72 Å². The van der Waals surface area contributed by atoms with Gasteiger partial charge in [0.25, 0.3) is 10.2 Å². The Hall–Kier alpha value is -0.310. The minimum Gasteiger partial charge on any atom is -0.481 e. The first-order chi connectivity index (χ1) is 8.42. The summed E-state index contributed by atoms with van der Waals surface area (Å²) in [4.78, 5) is 10.4. The van der Waals surface area contributed by atoms with E-state index in [4.69, 9.17) is 5.11 Å². The Morgan fingerprint density at radius 1 is 1.50 bits per heavy atom. The summed E-state index contributed by atoms with van der Waals surface area (Å²) in [6.07, 6.45) is 3.20. The zero-order valence-electron chi connectivity index (χ0n) is 10.5. The monoisotopic (exact) mass is 296 g/mol. The predicted octanol–water partition coefficient (Wildman–Crippen LogP) is 0.513. The molecule has 1 unspecified atom stereocenters. The summed E-state index contributed by atoms with van der Waals surface area (Å²) >= 11 is 1.79. The number of hydrogen-bond acceptors (Lipinski definition) is 4. The van der Waals surface area contributed by atoms with E-state index in [0.717, 1.165) is 22.9 Å². The Balaban J connectivity index is 2.35. The number of carboxylic acid groups (broad SMARTS) is 1. The van der Waals surface area contributed by atoms with Gasteiger partial charge >= 0.3 is 5.97 Å². The number of carboxylic acids is 1. The topological polar surface area (TPSA) is 86.7 Å². The number of nitrogens with zero attached hydrogens (tertiary/aromatic N) is 1. The van der Waals surface area contributed by atoms with Crippen molar-refractivity contribution in [1.29, 1.82) is 0 Å². The molecule has 0 aromatic rings. The summed E-state index contributed by atoms with van der Waals surface area (Å²) < 4.78 is 27.2. The fourth-order valence-corrected chi connectivity index (χ4v) is 3.96. The van der Waals surface area contributed by atoms with Crippen molar-refractivity contribution in [2.45, 2.75) is 30.9 Å². The summed E-state index contributed by atoms with van der Waals surface area (Å²) in [7, 11) is -2.16. The molecule has 1 fully saturated rings. The maximum absolute atomic E-state index is 11.8. The Kier molecular flexibility index (Phi) is 6.40. The smallest absolute Gasteiger partial charge is 0.304 e. The van der Waals surface area contributed by atoms with Crippen LogP contribution in [-0.2, 0) is 15.0 Å². The van der Waals surface area contributed by atoms with E-state index in [1.54, 1.807) is 11.8 Å². The quantitative estimate of drug-likeness (QED) is 0.715. The normalized spacial score (nSPS) is 21.1. The molecule has 1 saturated heterocycles. The lowest BCUT2D eigenvalue weighted by Crippen LogP contribution is -2.42. The summed E-state index contributed by atoms with van der Waals surface area (Å²) in [5.74, 6) is 0.0845. The highest BCUT2D eigenvalue weighted by Crippen LogP contribution is 2.24. The second kappa shape index (κ2) is 7.32. The number of hydrogen-bond donors (Lipinski definition) is 2. The van der Waals surface area contributed by atoms with Crippen LogP contribution in [0.5, 0.6) is 0 Å². The molecule has 6 nitrogen and oxygen atoms in total. The van der Waals surface area contributed by atoms with Crippen molar-refractivity contribution in [2.24, 2.45) is 0 Å². The minimum absolute atomic E-state index is 0.0114. The van der Waals surface area contributed by atoms with Crippen molar-refractivity contribution in [3.05, 3.63) is 0 Å². The number of carbonyl (C=O) groups is 1. The van der Waals surface area contributed by atoms with Gasteiger partial charge in [-0.25, -0.2) is 4.72 Å². The molecule has 1 rings (SSSR count). The maximum Gasteiger partial charge on any atom is 0.304 e. The van der Waals surface area contributed by atoms with Gasteiger partial charge in [-0.3, -0.25) is 4.79 Å². The van der Waals surface area contributed by atoms with E-state index < -0.39 is 16.2 Å². The molecule has 1 heterocycles. The first-order valence-corrected chi connectivity index (χ1v) is 8.45. The number of aliphatic carboxylic acids is 1. The second-order valence-corrected chi connectivity index (χ2v) is 7.58. The van der Waals surface area contributed by atoms with Gasteiger partial charge in [-0.05, 0) is 18.6 Å². The van der Waals surface area contributed by atoms with Crippen molar-refractivity contribution in [3.63, 3.8) is 0 Å². The van der Waals surface area contributed by atoms with Crippen molar-refractivity contribution in [1.82, 2.24) is 9.03 Å². The SMILES string of the molecule is CN(CCC(=O)O)S(=O)(=O)NCC1CCCCS1. The van der Waals surface area contributed by atoms with Gasteiger partial charge in [-0.15, -0.1) is 0 Å². The van der Waals surface area contributed by atoms with Gasteiger partial charge < -0.3 is 5.11 Å². The van der Waals surface area contributed by atoms with Crippen molar-refractivity contribution in [3.8, 4) is 0 Å². The van der Waals surface area contributed by atoms with Crippen molar-refractivity contribution >= 4 is 27.9 Å². The molecular formula is C10H20N2O4S2. The molecule has 0 aromatic carbocycles. The maximum atomic E-state index is 11.8. The van der Waals surface area contributed by atoms with E-state index in [1.807, 2.05) is 0 Å². The molecule has 0 spiro atoms. The summed E-state index contributed by atoms with van der Waals surface area (Å²) in [6.45, 7) is 0.410. The molecule has 1 aliphatic heterocycles. The average molecular weight is 296 g/mol. The first kappa shape index (κ1) is 15.7. The largest absolute Gasteiger partial charge is 0.481 e. The highest BCUT2D eigenvalue weighted by Gasteiger charge is 2.21. The van der Waals surface area contributed by atoms with Crippen LogP contribution < -0.4 is 4.72 Å². The number of thioether (sulfide) groups is 1. The lowest BCUT2D eigenvalue weighted by molar-refractivity contribution is -0.137. The van der Waals surface area contributed by atoms with Crippen LogP contribution in [0.15, 0.2) is 0 Å². The lowest BCUT2D eigenvalue weighted by atomic mass is 10.2. The van der Waals surface area contributed by atoms with Gasteiger partial charge in [0.05, 0.1) is 6.42 Å². The average Bonchev–Trinajstić information content (AvgIpc) is 2.34. The highest BCUT2D eigenvalue weighted by atomic mass is 32.2. The van der Waals surface area contributed by atoms with Gasteiger partial charge in [0, 0.05) is 25.4 Å². The number of rotatable bonds is 7. The van der Waals surface area contributed by atoms with Crippen LogP contribution in [0.25, 0.3) is 0 Å². The second-order valence-electron chi connectivity index (χ2n) is 4.31. The molecule has 0 bridgehead atoms. The minimum atomic E-state index is -3.55. The zero-order chi connectivity index (χ0) is 13.6. The van der Waals surface area contributed by atoms with Crippen molar-refractivity contribution < 1.29 is 18.3 Å². The molecule has 18 heavy (non-hydrogen) atoms. The van der Waals surface area contributed by atoms with Crippen molar-refractivity contribution in [2.75, 3.05) is 25.9 Å². The Bertz CT molecular complexity index is 366. The van der Waals surface area contributed by atoms with Crippen LogP contribution in [-0.4, -0.2) is 54.9 Å². The highest BCUT2D eigenvalue weighted by molar-refractivity contribution is 8.00. The molecule has 0 amide bonds. The standard InChI is InChI=1S/C10H20N2O4S2/c1-12(6-5-10(13)14)18(15,16)11-8-9-4-2-3-7-17-9/h9,11H,2-8H2,1H3,(H,13,14). The van der Waals surface area contributed by atoms with Crippen LogP contribution >= 0.6 is 11.8 Å². The van der Waals surface area contributed by atoms with Gasteiger partial charge in [0.2, 0.25) is 0 Å². The summed E-state index contributed by atoms with van der Waals surface area (Å²) in [6, 6.07) is 0.